The molecule has 0 aliphatic heterocycles. The lowest BCUT2D eigenvalue weighted by Gasteiger charge is -2.09. The first kappa shape index (κ1) is 13.2. The molecule has 0 atom stereocenters. The molecule has 1 heterocycles. The summed E-state index contributed by atoms with van der Waals surface area (Å²) in [4.78, 5) is 8.43. The van der Waals surface area contributed by atoms with Crippen molar-refractivity contribution in [3.8, 4) is 0 Å². The van der Waals surface area contributed by atoms with Gasteiger partial charge < -0.3 is 5.32 Å². The molecule has 100 valence electrons. The van der Waals surface area contributed by atoms with E-state index >= 15 is 0 Å². The molecule has 0 fully saturated rings. The van der Waals surface area contributed by atoms with Gasteiger partial charge in [-0.1, -0.05) is 41.9 Å². The first-order chi connectivity index (χ1) is 9.72. The number of hydrogen-bond donors (Lipinski definition) is 1. The number of aromatic nitrogens is 2. The fraction of sp³-hybridized carbons (Fsp3) is 0.0667. The summed E-state index contributed by atoms with van der Waals surface area (Å²) in [6.07, 6.45) is 0. The van der Waals surface area contributed by atoms with E-state index in [-0.39, 0.29) is 5.28 Å². The van der Waals surface area contributed by atoms with Gasteiger partial charge in [0.15, 0.2) is 0 Å². The lowest BCUT2D eigenvalue weighted by Crippen LogP contribution is -2.03. The number of nitrogens with one attached hydrogen (secondary N) is 1. The van der Waals surface area contributed by atoms with Gasteiger partial charge >= 0.3 is 0 Å². The molecule has 0 saturated carbocycles. The van der Waals surface area contributed by atoms with Crippen molar-refractivity contribution in [2.24, 2.45) is 0 Å². The second kappa shape index (κ2) is 5.65. The highest BCUT2D eigenvalue weighted by molar-refractivity contribution is 6.31. The summed E-state index contributed by atoms with van der Waals surface area (Å²) >= 11 is 11.9. The molecular formula is C15H11Cl2N3. The van der Waals surface area contributed by atoms with E-state index in [2.05, 4.69) is 27.4 Å². The molecule has 1 N–H and O–H groups in total. The SMILES string of the molecule is Clc1ccc2c(NCc3ccccc3)nc(Cl)nc2c1. The minimum absolute atomic E-state index is 0.204. The van der Waals surface area contributed by atoms with E-state index in [1.165, 1.54) is 5.56 Å². The van der Waals surface area contributed by atoms with Crippen molar-refractivity contribution in [3.63, 3.8) is 0 Å². The monoisotopic (exact) mass is 303 g/mol. The van der Waals surface area contributed by atoms with Gasteiger partial charge in [-0.2, -0.15) is 0 Å². The Kier molecular flexibility index (Phi) is 3.72. The third-order valence-corrected chi connectivity index (χ3v) is 3.34. The second-order valence-corrected chi connectivity index (χ2v) is 5.12. The quantitative estimate of drug-likeness (QED) is 0.721. The molecular weight excluding hydrogens is 293 g/mol. The molecule has 0 spiro atoms. The van der Waals surface area contributed by atoms with Crippen molar-refractivity contribution in [3.05, 3.63) is 64.4 Å². The molecule has 3 rings (SSSR count). The fourth-order valence-corrected chi connectivity index (χ4v) is 2.33. The second-order valence-electron chi connectivity index (χ2n) is 4.34. The van der Waals surface area contributed by atoms with Crippen LogP contribution in [0, 0.1) is 0 Å². The van der Waals surface area contributed by atoms with Crippen molar-refractivity contribution >= 4 is 39.9 Å². The van der Waals surface area contributed by atoms with Gasteiger partial charge in [-0.15, -0.1) is 0 Å². The molecule has 3 aromatic rings. The highest BCUT2D eigenvalue weighted by Crippen LogP contribution is 2.25. The van der Waals surface area contributed by atoms with E-state index in [1.807, 2.05) is 30.3 Å². The van der Waals surface area contributed by atoms with Gasteiger partial charge in [0.25, 0.3) is 0 Å². The summed E-state index contributed by atoms with van der Waals surface area (Å²) in [7, 11) is 0. The van der Waals surface area contributed by atoms with Crippen LogP contribution in [0.1, 0.15) is 5.56 Å². The van der Waals surface area contributed by atoms with Crippen molar-refractivity contribution in [1.29, 1.82) is 0 Å². The normalized spacial score (nSPS) is 10.7. The first-order valence-corrected chi connectivity index (χ1v) is 6.88. The van der Waals surface area contributed by atoms with Crippen molar-refractivity contribution in [2.75, 3.05) is 5.32 Å². The van der Waals surface area contributed by atoms with Crippen LogP contribution >= 0.6 is 23.2 Å². The predicted molar refractivity (Wildman–Crippen MR) is 83.3 cm³/mol. The van der Waals surface area contributed by atoms with Gasteiger partial charge in [0.2, 0.25) is 5.28 Å². The molecule has 5 heteroatoms. The van der Waals surface area contributed by atoms with E-state index in [0.29, 0.717) is 17.4 Å². The van der Waals surface area contributed by atoms with Crippen LogP contribution in [0.3, 0.4) is 0 Å². The summed E-state index contributed by atoms with van der Waals surface area (Å²) in [5, 5.41) is 5.01. The average molecular weight is 304 g/mol. The molecule has 0 amide bonds. The summed E-state index contributed by atoms with van der Waals surface area (Å²) in [6, 6.07) is 15.6. The molecule has 0 radical (unpaired) electrons. The lowest BCUT2D eigenvalue weighted by atomic mass is 10.2. The van der Waals surface area contributed by atoms with Crippen molar-refractivity contribution < 1.29 is 0 Å². The number of benzene rings is 2. The Labute approximate surface area is 126 Å². The molecule has 0 aliphatic rings. The van der Waals surface area contributed by atoms with Crippen LogP contribution in [0.2, 0.25) is 10.3 Å². The van der Waals surface area contributed by atoms with Crippen LogP contribution in [-0.2, 0) is 6.54 Å². The summed E-state index contributed by atoms with van der Waals surface area (Å²) in [5.41, 5.74) is 1.90. The van der Waals surface area contributed by atoms with Gasteiger partial charge in [0.1, 0.15) is 5.82 Å². The maximum atomic E-state index is 5.97. The Morgan fingerprint density at radius 2 is 1.75 bits per heavy atom. The number of nitrogens with zero attached hydrogens (tertiary/aromatic N) is 2. The third kappa shape index (κ3) is 2.84. The Morgan fingerprint density at radius 3 is 2.55 bits per heavy atom. The first-order valence-electron chi connectivity index (χ1n) is 6.13. The number of anilines is 1. The third-order valence-electron chi connectivity index (χ3n) is 2.93. The predicted octanol–water partition coefficient (Wildman–Crippen LogP) is 4.55. The summed E-state index contributed by atoms with van der Waals surface area (Å²) in [5.74, 6) is 0.709. The van der Waals surface area contributed by atoms with E-state index in [4.69, 9.17) is 23.2 Å². The lowest BCUT2D eigenvalue weighted by molar-refractivity contribution is 1.10. The maximum Gasteiger partial charge on any atom is 0.224 e. The highest BCUT2D eigenvalue weighted by Gasteiger charge is 2.07. The van der Waals surface area contributed by atoms with Crippen LogP contribution in [0.25, 0.3) is 10.9 Å². The summed E-state index contributed by atoms with van der Waals surface area (Å²) < 4.78 is 0. The molecule has 1 aromatic heterocycles. The molecule has 20 heavy (non-hydrogen) atoms. The van der Waals surface area contributed by atoms with Crippen molar-refractivity contribution in [2.45, 2.75) is 6.54 Å². The van der Waals surface area contributed by atoms with E-state index in [0.717, 1.165) is 10.9 Å². The van der Waals surface area contributed by atoms with Gasteiger partial charge in [0, 0.05) is 17.0 Å². The van der Waals surface area contributed by atoms with E-state index in [9.17, 15) is 0 Å². The Morgan fingerprint density at radius 1 is 0.950 bits per heavy atom. The molecule has 0 aliphatic carbocycles. The largest absolute Gasteiger partial charge is 0.365 e. The number of hydrogen-bond acceptors (Lipinski definition) is 3. The van der Waals surface area contributed by atoms with Gasteiger partial charge in [-0.05, 0) is 35.4 Å². The molecule has 0 unspecified atom stereocenters. The maximum absolute atomic E-state index is 5.97. The minimum atomic E-state index is 0.204. The zero-order chi connectivity index (χ0) is 13.9. The van der Waals surface area contributed by atoms with Crippen LogP contribution < -0.4 is 5.32 Å². The Balaban J connectivity index is 1.94. The molecule has 0 saturated heterocycles. The average Bonchev–Trinajstić information content (AvgIpc) is 2.45. The zero-order valence-corrected chi connectivity index (χ0v) is 12.0. The van der Waals surface area contributed by atoms with Crippen LogP contribution in [0.4, 0.5) is 5.82 Å². The number of fused-ring (bicyclic) bond motifs is 1. The number of halogens is 2. The Bertz CT molecular complexity index is 739. The fourth-order valence-electron chi connectivity index (χ4n) is 1.99. The standard InChI is InChI=1S/C15H11Cl2N3/c16-11-6-7-12-13(8-11)19-15(17)20-14(12)18-9-10-4-2-1-3-5-10/h1-8H,9H2,(H,18,19,20). The van der Waals surface area contributed by atoms with Gasteiger partial charge in [-0.3, -0.25) is 0 Å². The van der Waals surface area contributed by atoms with E-state index < -0.39 is 0 Å². The van der Waals surface area contributed by atoms with Crippen molar-refractivity contribution in [1.82, 2.24) is 9.97 Å². The zero-order valence-electron chi connectivity index (χ0n) is 10.5. The van der Waals surface area contributed by atoms with E-state index in [1.54, 1.807) is 6.07 Å². The highest BCUT2D eigenvalue weighted by atomic mass is 35.5. The van der Waals surface area contributed by atoms with Crippen LogP contribution in [-0.4, -0.2) is 9.97 Å². The Hall–Kier alpha value is -1.84. The number of rotatable bonds is 3. The van der Waals surface area contributed by atoms with Gasteiger partial charge in [-0.25, -0.2) is 9.97 Å². The van der Waals surface area contributed by atoms with Crippen LogP contribution in [0.5, 0.6) is 0 Å². The van der Waals surface area contributed by atoms with Gasteiger partial charge in [0.05, 0.1) is 5.52 Å². The minimum Gasteiger partial charge on any atom is -0.365 e. The topological polar surface area (TPSA) is 37.8 Å². The molecule has 0 bridgehead atoms. The molecule has 2 aromatic carbocycles. The smallest absolute Gasteiger partial charge is 0.224 e. The summed E-state index contributed by atoms with van der Waals surface area (Å²) in [6.45, 7) is 0.673. The molecule has 3 nitrogen and oxygen atoms in total. The van der Waals surface area contributed by atoms with Crippen LogP contribution in [0.15, 0.2) is 48.5 Å².